The lowest BCUT2D eigenvalue weighted by Crippen LogP contribution is -2.42. The molecule has 8 heteroatoms. The molecule has 2 rings (SSSR count). The highest BCUT2D eigenvalue weighted by Gasteiger charge is 2.27. The Morgan fingerprint density at radius 2 is 1.92 bits per heavy atom. The van der Waals surface area contributed by atoms with E-state index in [0.717, 1.165) is 0 Å². The third-order valence-electron chi connectivity index (χ3n) is 3.29. The Hall–Kier alpha value is -2.31. The fraction of sp³-hybridized carbons (Fsp3) is 0.235. The topological polar surface area (TPSA) is 85.6 Å². The summed E-state index contributed by atoms with van der Waals surface area (Å²) < 4.78 is 9.73. The van der Waals surface area contributed by atoms with Crippen molar-refractivity contribution in [2.45, 2.75) is 19.4 Å². The van der Waals surface area contributed by atoms with Crippen molar-refractivity contribution >= 4 is 40.9 Å². The lowest BCUT2D eigenvalue weighted by Gasteiger charge is -2.16. The number of benzene rings is 1. The first-order valence-corrected chi connectivity index (χ1v) is 8.16. The van der Waals surface area contributed by atoms with Crippen molar-refractivity contribution in [1.82, 2.24) is 5.32 Å². The molecule has 1 aromatic heterocycles. The molecule has 0 aliphatic heterocycles. The highest BCUT2D eigenvalue weighted by molar-refractivity contribution is 6.42. The molecule has 6 nitrogen and oxygen atoms in total. The first-order chi connectivity index (χ1) is 11.9. The van der Waals surface area contributed by atoms with Crippen LogP contribution >= 0.6 is 23.2 Å². The van der Waals surface area contributed by atoms with E-state index >= 15 is 0 Å². The Labute approximate surface area is 154 Å². The zero-order valence-corrected chi connectivity index (χ0v) is 14.8. The molecule has 1 N–H and O–H groups in total. The van der Waals surface area contributed by atoms with E-state index in [1.165, 1.54) is 36.8 Å². The maximum Gasteiger partial charge on any atom is 0.308 e. The van der Waals surface area contributed by atoms with Gasteiger partial charge in [0.1, 0.15) is 12.3 Å². The number of furan rings is 1. The van der Waals surface area contributed by atoms with Gasteiger partial charge < -0.3 is 14.5 Å². The zero-order valence-electron chi connectivity index (χ0n) is 13.3. The van der Waals surface area contributed by atoms with E-state index in [1.807, 2.05) is 0 Å². The Morgan fingerprint density at radius 1 is 1.16 bits per heavy atom. The van der Waals surface area contributed by atoms with Crippen LogP contribution in [0, 0.1) is 0 Å². The van der Waals surface area contributed by atoms with E-state index in [4.69, 9.17) is 32.4 Å². The van der Waals surface area contributed by atoms with Gasteiger partial charge in [-0.3, -0.25) is 14.4 Å². The van der Waals surface area contributed by atoms with Crippen molar-refractivity contribution in [3.05, 3.63) is 58.0 Å². The Bertz CT molecular complexity index is 773. The number of rotatable bonds is 7. The second-order valence-corrected chi connectivity index (χ2v) is 5.85. The molecule has 1 aromatic carbocycles. The van der Waals surface area contributed by atoms with E-state index in [1.54, 1.807) is 6.92 Å². The lowest BCUT2D eigenvalue weighted by molar-refractivity contribution is -0.143. The fourth-order valence-electron chi connectivity index (χ4n) is 2.08. The predicted octanol–water partition coefficient (Wildman–Crippen LogP) is 3.52. The van der Waals surface area contributed by atoms with Crippen LogP contribution in [0.25, 0.3) is 0 Å². The maximum atomic E-state index is 12.5. The molecule has 0 saturated heterocycles. The molecular formula is C17H15Cl2NO5. The van der Waals surface area contributed by atoms with Gasteiger partial charge in [-0.15, -0.1) is 0 Å². The number of halogens is 2. The molecule has 132 valence electrons. The van der Waals surface area contributed by atoms with Crippen LogP contribution in [0.5, 0.6) is 0 Å². The number of ketones is 1. The second kappa shape index (κ2) is 8.69. The summed E-state index contributed by atoms with van der Waals surface area (Å²) in [4.78, 5) is 36.7. The molecule has 0 saturated carbocycles. The minimum absolute atomic E-state index is 0.173. The number of esters is 1. The molecule has 1 heterocycles. The molecule has 0 bridgehead atoms. The summed E-state index contributed by atoms with van der Waals surface area (Å²) in [5, 5.41) is 3.03. The summed E-state index contributed by atoms with van der Waals surface area (Å²) in [5.41, 5.74) is 0.451. The minimum atomic E-state index is -1.10. The lowest BCUT2D eigenvalue weighted by atomic mass is 10.0. The number of ether oxygens (including phenoxy) is 1. The van der Waals surface area contributed by atoms with Crippen molar-refractivity contribution in [3.8, 4) is 0 Å². The molecule has 1 amide bonds. The van der Waals surface area contributed by atoms with Crippen LogP contribution in [0.3, 0.4) is 0 Å². The second-order valence-electron chi connectivity index (χ2n) is 5.04. The number of carbonyl (C=O) groups excluding carboxylic acids is 3. The van der Waals surface area contributed by atoms with E-state index in [0.29, 0.717) is 5.02 Å². The summed E-state index contributed by atoms with van der Waals surface area (Å²) in [5.74, 6) is -1.63. The van der Waals surface area contributed by atoms with Crippen LogP contribution in [0.1, 0.15) is 34.1 Å². The third kappa shape index (κ3) is 5.08. The van der Waals surface area contributed by atoms with E-state index in [-0.39, 0.29) is 29.2 Å². The van der Waals surface area contributed by atoms with Crippen molar-refractivity contribution < 1.29 is 23.5 Å². The number of hydrogen-bond acceptors (Lipinski definition) is 5. The summed E-state index contributed by atoms with van der Waals surface area (Å²) >= 11 is 11.7. The number of Topliss-reactive ketones (excluding diaryl/α,β-unsaturated/α-hetero) is 1. The van der Waals surface area contributed by atoms with E-state index in [9.17, 15) is 14.4 Å². The average molecular weight is 384 g/mol. The monoisotopic (exact) mass is 383 g/mol. The molecule has 0 spiro atoms. The molecule has 0 aliphatic carbocycles. The van der Waals surface area contributed by atoms with Crippen molar-refractivity contribution in [1.29, 1.82) is 0 Å². The number of carbonyl (C=O) groups is 3. The molecule has 0 fully saturated rings. The van der Waals surface area contributed by atoms with E-state index < -0.39 is 23.7 Å². The van der Waals surface area contributed by atoms with Crippen molar-refractivity contribution in [2.24, 2.45) is 0 Å². The average Bonchev–Trinajstić information content (AvgIpc) is 3.10. The molecule has 1 unspecified atom stereocenters. The highest BCUT2D eigenvalue weighted by Crippen LogP contribution is 2.22. The predicted molar refractivity (Wildman–Crippen MR) is 92.0 cm³/mol. The van der Waals surface area contributed by atoms with Gasteiger partial charge in [0.25, 0.3) is 5.91 Å². The van der Waals surface area contributed by atoms with Crippen LogP contribution in [0.4, 0.5) is 0 Å². The molecular weight excluding hydrogens is 369 g/mol. The maximum absolute atomic E-state index is 12.5. The van der Waals surface area contributed by atoms with Crippen LogP contribution in [0.15, 0.2) is 41.2 Å². The summed E-state index contributed by atoms with van der Waals surface area (Å²) in [6.45, 7) is 1.82. The van der Waals surface area contributed by atoms with Gasteiger partial charge in [-0.1, -0.05) is 23.2 Å². The summed E-state index contributed by atoms with van der Waals surface area (Å²) in [6.07, 6.45) is 2.27. The number of nitrogens with one attached hydrogen (secondary N) is 1. The summed E-state index contributed by atoms with van der Waals surface area (Å²) in [7, 11) is 0. The van der Waals surface area contributed by atoms with Crippen molar-refractivity contribution in [2.75, 3.05) is 6.61 Å². The first kappa shape index (κ1) is 19.0. The van der Waals surface area contributed by atoms with Gasteiger partial charge in [0.05, 0.1) is 34.9 Å². The number of hydrogen-bond donors (Lipinski definition) is 1. The van der Waals surface area contributed by atoms with Gasteiger partial charge in [0, 0.05) is 5.56 Å². The first-order valence-electron chi connectivity index (χ1n) is 7.40. The van der Waals surface area contributed by atoms with Crippen LogP contribution in [-0.2, 0) is 9.53 Å². The van der Waals surface area contributed by atoms with Gasteiger partial charge >= 0.3 is 5.97 Å². The van der Waals surface area contributed by atoms with Crippen LogP contribution in [-0.4, -0.2) is 30.3 Å². The quantitative estimate of drug-likeness (QED) is 0.583. The molecule has 0 aliphatic rings. The molecule has 0 radical (unpaired) electrons. The smallest absolute Gasteiger partial charge is 0.308 e. The standard InChI is InChI=1S/C17H15Cl2NO5/c1-2-25-15(21)8-14(16(22)11-5-6-24-9-11)20-17(23)10-3-4-12(18)13(19)7-10/h3-7,9,14H,2,8H2,1H3,(H,20,23). The van der Waals surface area contributed by atoms with Gasteiger partial charge in [0.2, 0.25) is 0 Å². The molecule has 25 heavy (non-hydrogen) atoms. The van der Waals surface area contributed by atoms with Crippen LogP contribution in [0.2, 0.25) is 10.0 Å². The Balaban J connectivity index is 2.19. The van der Waals surface area contributed by atoms with Gasteiger partial charge in [0.15, 0.2) is 5.78 Å². The normalized spacial score (nSPS) is 11.6. The van der Waals surface area contributed by atoms with Crippen molar-refractivity contribution in [3.63, 3.8) is 0 Å². The number of amides is 1. The van der Waals surface area contributed by atoms with Crippen LogP contribution < -0.4 is 5.32 Å². The largest absolute Gasteiger partial charge is 0.472 e. The Morgan fingerprint density at radius 3 is 2.52 bits per heavy atom. The summed E-state index contributed by atoms with van der Waals surface area (Å²) in [6, 6.07) is 4.66. The van der Waals surface area contributed by atoms with E-state index in [2.05, 4.69) is 5.32 Å². The van der Waals surface area contributed by atoms with Gasteiger partial charge in [-0.2, -0.15) is 0 Å². The SMILES string of the molecule is CCOC(=O)CC(NC(=O)c1ccc(Cl)c(Cl)c1)C(=O)c1ccoc1. The molecule has 2 aromatic rings. The van der Waals surface area contributed by atoms with Gasteiger partial charge in [-0.05, 0) is 31.2 Å². The zero-order chi connectivity index (χ0) is 18.4. The minimum Gasteiger partial charge on any atom is -0.472 e. The highest BCUT2D eigenvalue weighted by atomic mass is 35.5. The Kier molecular flexibility index (Phi) is 6.61. The fourth-order valence-corrected chi connectivity index (χ4v) is 2.38. The third-order valence-corrected chi connectivity index (χ3v) is 4.02. The van der Waals surface area contributed by atoms with Gasteiger partial charge in [-0.25, -0.2) is 0 Å². The molecule has 1 atom stereocenters.